The van der Waals surface area contributed by atoms with Crippen molar-refractivity contribution in [1.29, 1.82) is 0 Å². The summed E-state index contributed by atoms with van der Waals surface area (Å²) in [5, 5.41) is 7.13. The Labute approximate surface area is 187 Å². The van der Waals surface area contributed by atoms with Gasteiger partial charge in [-0.05, 0) is 48.4 Å². The van der Waals surface area contributed by atoms with Gasteiger partial charge in [0.2, 0.25) is 10.0 Å². The number of rotatable bonds is 9. The van der Waals surface area contributed by atoms with Crippen molar-refractivity contribution in [3.63, 3.8) is 0 Å². The second-order valence-corrected chi connectivity index (χ2v) is 9.17. The van der Waals surface area contributed by atoms with Crippen molar-refractivity contribution < 1.29 is 13.2 Å². The molecule has 0 fully saturated rings. The molecule has 3 aromatic rings. The molecule has 7 nitrogen and oxygen atoms in total. The van der Waals surface area contributed by atoms with Gasteiger partial charge in [-0.2, -0.15) is 9.40 Å². The molecule has 2 aromatic carbocycles. The number of sulfonamides is 1. The van der Waals surface area contributed by atoms with E-state index in [0.717, 1.165) is 11.3 Å². The van der Waals surface area contributed by atoms with Crippen LogP contribution >= 0.6 is 11.6 Å². The summed E-state index contributed by atoms with van der Waals surface area (Å²) >= 11 is 6.13. The third-order valence-electron chi connectivity index (χ3n) is 4.92. The minimum Gasteiger partial charge on any atom is -0.352 e. The van der Waals surface area contributed by atoms with Crippen molar-refractivity contribution in [2.45, 2.75) is 25.2 Å². The maximum atomic E-state index is 12.8. The number of carbonyl (C=O) groups is 1. The Balaban J connectivity index is 1.64. The Bertz CT molecular complexity index is 1130. The molecule has 31 heavy (non-hydrogen) atoms. The summed E-state index contributed by atoms with van der Waals surface area (Å²) in [6, 6.07) is 14.1. The lowest BCUT2D eigenvalue weighted by Gasteiger charge is -2.19. The van der Waals surface area contributed by atoms with Gasteiger partial charge in [-0.1, -0.05) is 37.6 Å². The molecular weight excluding hydrogens is 436 g/mol. The van der Waals surface area contributed by atoms with Crippen molar-refractivity contribution in [3.8, 4) is 5.69 Å². The van der Waals surface area contributed by atoms with E-state index in [0.29, 0.717) is 26.1 Å². The van der Waals surface area contributed by atoms with E-state index in [-0.39, 0.29) is 21.4 Å². The zero-order valence-corrected chi connectivity index (χ0v) is 19.0. The largest absolute Gasteiger partial charge is 0.352 e. The van der Waals surface area contributed by atoms with E-state index in [1.165, 1.54) is 22.5 Å². The Hall–Kier alpha value is -2.68. The van der Waals surface area contributed by atoms with Gasteiger partial charge in [-0.3, -0.25) is 4.79 Å². The minimum atomic E-state index is -3.76. The first kappa shape index (κ1) is 23.0. The minimum absolute atomic E-state index is 0.0558. The van der Waals surface area contributed by atoms with Crippen LogP contribution in [0.3, 0.4) is 0 Å². The van der Waals surface area contributed by atoms with Gasteiger partial charge in [-0.15, -0.1) is 0 Å². The first-order valence-electron chi connectivity index (χ1n) is 10.0. The predicted molar refractivity (Wildman–Crippen MR) is 121 cm³/mol. The van der Waals surface area contributed by atoms with E-state index in [2.05, 4.69) is 10.4 Å². The fraction of sp³-hybridized carbons (Fsp3) is 0.273. The van der Waals surface area contributed by atoms with Crippen LogP contribution in [0.4, 0.5) is 0 Å². The molecule has 3 rings (SSSR count). The molecule has 0 saturated heterocycles. The monoisotopic (exact) mass is 460 g/mol. The Kier molecular flexibility index (Phi) is 7.48. The van der Waals surface area contributed by atoms with Gasteiger partial charge in [0.25, 0.3) is 5.91 Å². The highest BCUT2D eigenvalue weighted by atomic mass is 35.5. The first-order chi connectivity index (χ1) is 14.9. The SMILES string of the molecule is CCN(CC)S(=O)(=O)c1cc(C(=O)NCCc2ccc(-n3cccn3)cc2)ccc1Cl. The predicted octanol–water partition coefficient (Wildman–Crippen LogP) is 3.53. The smallest absolute Gasteiger partial charge is 0.251 e. The van der Waals surface area contributed by atoms with Crippen molar-refractivity contribution in [2.75, 3.05) is 19.6 Å². The van der Waals surface area contributed by atoms with E-state index in [9.17, 15) is 13.2 Å². The highest BCUT2D eigenvalue weighted by Crippen LogP contribution is 2.26. The van der Waals surface area contributed by atoms with E-state index in [4.69, 9.17) is 11.6 Å². The van der Waals surface area contributed by atoms with Crippen LogP contribution in [0.25, 0.3) is 5.69 Å². The normalized spacial score (nSPS) is 11.6. The van der Waals surface area contributed by atoms with Crippen molar-refractivity contribution in [3.05, 3.63) is 77.1 Å². The zero-order chi connectivity index (χ0) is 22.4. The van der Waals surface area contributed by atoms with Crippen molar-refractivity contribution >= 4 is 27.5 Å². The molecule has 0 unspecified atom stereocenters. The molecule has 0 aliphatic carbocycles. The lowest BCUT2D eigenvalue weighted by Crippen LogP contribution is -2.31. The average Bonchev–Trinajstić information content (AvgIpc) is 3.30. The summed E-state index contributed by atoms with van der Waals surface area (Å²) in [7, 11) is -3.76. The summed E-state index contributed by atoms with van der Waals surface area (Å²) in [5.41, 5.74) is 2.28. The maximum Gasteiger partial charge on any atom is 0.251 e. The topological polar surface area (TPSA) is 84.3 Å². The summed E-state index contributed by atoms with van der Waals surface area (Å²) in [6.45, 7) is 4.58. The van der Waals surface area contributed by atoms with E-state index < -0.39 is 10.0 Å². The van der Waals surface area contributed by atoms with Crippen LogP contribution in [0.15, 0.2) is 65.8 Å². The van der Waals surface area contributed by atoms with Crippen LogP contribution in [0.5, 0.6) is 0 Å². The third-order valence-corrected chi connectivity index (χ3v) is 7.45. The molecule has 0 saturated carbocycles. The summed E-state index contributed by atoms with van der Waals surface area (Å²) in [5.74, 6) is -0.346. The zero-order valence-electron chi connectivity index (χ0n) is 17.5. The second kappa shape index (κ2) is 10.1. The highest BCUT2D eigenvalue weighted by molar-refractivity contribution is 7.89. The van der Waals surface area contributed by atoms with Gasteiger partial charge < -0.3 is 5.32 Å². The molecule has 0 aliphatic rings. The molecule has 1 aromatic heterocycles. The Morgan fingerprint density at radius 1 is 1.13 bits per heavy atom. The van der Waals surface area contributed by atoms with Gasteiger partial charge in [0.1, 0.15) is 4.90 Å². The number of hydrogen-bond acceptors (Lipinski definition) is 4. The van der Waals surface area contributed by atoms with Crippen molar-refractivity contribution in [1.82, 2.24) is 19.4 Å². The molecule has 0 aliphatic heterocycles. The Morgan fingerprint density at radius 2 is 1.84 bits per heavy atom. The van der Waals surface area contributed by atoms with Gasteiger partial charge >= 0.3 is 0 Å². The molecule has 164 valence electrons. The molecule has 0 radical (unpaired) electrons. The lowest BCUT2D eigenvalue weighted by atomic mass is 10.1. The number of benzene rings is 2. The average molecular weight is 461 g/mol. The number of carbonyl (C=O) groups excluding carboxylic acids is 1. The number of hydrogen-bond donors (Lipinski definition) is 1. The van der Waals surface area contributed by atoms with E-state index in [1.54, 1.807) is 24.7 Å². The lowest BCUT2D eigenvalue weighted by molar-refractivity contribution is 0.0954. The second-order valence-electron chi connectivity index (χ2n) is 6.86. The molecule has 1 heterocycles. The van der Waals surface area contributed by atoms with Crippen molar-refractivity contribution in [2.24, 2.45) is 0 Å². The molecule has 9 heteroatoms. The molecule has 1 N–H and O–H groups in total. The summed E-state index contributed by atoms with van der Waals surface area (Å²) < 4.78 is 28.7. The van der Waals surface area contributed by atoms with Crippen LogP contribution in [-0.4, -0.2) is 48.0 Å². The van der Waals surface area contributed by atoms with Crippen LogP contribution in [0, 0.1) is 0 Å². The first-order valence-corrected chi connectivity index (χ1v) is 11.9. The quantitative estimate of drug-likeness (QED) is 0.529. The van der Waals surface area contributed by atoms with Crippen LogP contribution in [-0.2, 0) is 16.4 Å². The number of nitrogens with zero attached hydrogens (tertiary/aromatic N) is 3. The number of halogens is 1. The van der Waals surface area contributed by atoms with Gasteiger partial charge in [0.05, 0.1) is 10.7 Å². The number of amides is 1. The van der Waals surface area contributed by atoms with Crippen LogP contribution in [0.2, 0.25) is 5.02 Å². The third kappa shape index (κ3) is 5.33. The standard InChI is InChI=1S/C22H25ClN4O3S/c1-3-26(4-2)31(29,30)21-16-18(8-11-20(21)23)22(28)24-14-12-17-6-9-19(10-7-17)27-15-5-13-25-27/h5-11,13,15-16H,3-4,12,14H2,1-2H3,(H,24,28). The number of nitrogens with one attached hydrogen (secondary N) is 1. The van der Waals surface area contributed by atoms with Gasteiger partial charge in [0, 0.05) is 37.6 Å². The molecule has 0 bridgehead atoms. The van der Waals surface area contributed by atoms with Gasteiger partial charge in [-0.25, -0.2) is 13.1 Å². The van der Waals surface area contributed by atoms with Gasteiger partial charge in [0.15, 0.2) is 0 Å². The van der Waals surface area contributed by atoms with E-state index in [1.807, 2.05) is 36.5 Å². The Morgan fingerprint density at radius 3 is 2.45 bits per heavy atom. The molecular formula is C22H25ClN4O3S. The molecule has 0 spiro atoms. The van der Waals surface area contributed by atoms with Crippen LogP contribution < -0.4 is 5.32 Å². The maximum absolute atomic E-state index is 12.8. The summed E-state index contributed by atoms with van der Waals surface area (Å²) in [6.07, 6.45) is 4.23. The number of aromatic nitrogens is 2. The fourth-order valence-electron chi connectivity index (χ4n) is 3.20. The fourth-order valence-corrected chi connectivity index (χ4v) is 5.16. The summed E-state index contributed by atoms with van der Waals surface area (Å²) in [4.78, 5) is 12.5. The molecule has 1 amide bonds. The van der Waals surface area contributed by atoms with E-state index >= 15 is 0 Å². The van der Waals surface area contributed by atoms with Crippen LogP contribution in [0.1, 0.15) is 29.8 Å². The molecule has 0 atom stereocenters. The highest BCUT2D eigenvalue weighted by Gasteiger charge is 2.25.